The molecule has 2 amide bonds. The number of carbonyl (C=O) groups is 1. The van der Waals surface area contributed by atoms with E-state index in [0.717, 1.165) is 44.1 Å². The van der Waals surface area contributed by atoms with Crippen LogP contribution >= 0.6 is 0 Å². The molecule has 1 unspecified atom stereocenters. The molecule has 2 aromatic rings. The fourth-order valence-corrected chi connectivity index (χ4v) is 4.12. The van der Waals surface area contributed by atoms with E-state index >= 15 is 0 Å². The number of sulfonamides is 1. The number of unbranched alkanes of at least 4 members (excludes halogenated alkanes) is 5. The molecule has 1 aromatic carbocycles. The lowest BCUT2D eigenvalue weighted by atomic mass is 10.1. The molecule has 0 aliphatic rings. The van der Waals surface area contributed by atoms with Gasteiger partial charge in [-0.15, -0.1) is 0 Å². The Labute approximate surface area is 197 Å². The summed E-state index contributed by atoms with van der Waals surface area (Å²) in [6.45, 7) is 3.31. The molecule has 33 heavy (non-hydrogen) atoms. The Balaban J connectivity index is 1.43. The van der Waals surface area contributed by atoms with E-state index in [1.165, 1.54) is 0 Å². The second kappa shape index (κ2) is 15.4. The number of pyridine rings is 1. The van der Waals surface area contributed by atoms with Gasteiger partial charge in [-0.1, -0.05) is 56.0 Å². The molecule has 0 aliphatic carbocycles. The van der Waals surface area contributed by atoms with Crippen molar-refractivity contribution in [2.75, 3.05) is 25.0 Å². The summed E-state index contributed by atoms with van der Waals surface area (Å²) >= 11 is 0. The number of carbonyl (C=O) groups excluding carboxylic acids is 1. The van der Waals surface area contributed by atoms with Gasteiger partial charge in [0.1, 0.15) is 0 Å². The highest BCUT2D eigenvalue weighted by molar-refractivity contribution is 7.90. The standard InChI is InChI=1S/C24H36N4O4S/c1-21(19-32-20-22-11-7-6-8-12-22)33(30,31)27-16-10-5-3-2-4-9-15-26-24(29)28-23-13-17-25-18-14-23/h6-8,11-14,17-18,21,27H,2-5,9-10,15-16,19-20H2,1H3,(H2,25,26,28,29). The van der Waals surface area contributed by atoms with Crippen molar-refractivity contribution in [1.29, 1.82) is 0 Å². The minimum absolute atomic E-state index is 0.166. The molecule has 0 aliphatic heterocycles. The molecule has 1 heterocycles. The van der Waals surface area contributed by atoms with E-state index in [1.54, 1.807) is 31.5 Å². The van der Waals surface area contributed by atoms with E-state index in [0.29, 0.717) is 25.4 Å². The summed E-state index contributed by atoms with van der Waals surface area (Å²) in [5.74, 6) is 0. The van der Waals surface area contributed by atoms with E-state index in [4.69, 9.17) is 4.74 Å². The Kier molecular flexibility index (Phi) is 12.5. The van der Waals surface area contributed by atoms with Crippen molar-refractivity contribution in [3.05, 3.63) is 60.4 Å². The van der Waals surface area contributed by atoms with Crippen molar-refractivity contribution in [3.63, 3.8) is 0 Å². The number of rotatable bonds is 16. The number of aromatic nitrogens is 1. The normalized spacial score (nSPS) is 12.3. The Bertz CT molecular complexity index is 895. The molecule has 0 fully saturated rings. The van der Waals surface area contributed by atoms with Crippen LogP contribution in [0, 0.1) is 0 Å². The Hall–Kier alpha value is -2.49. The smallest absolute Gasteiger partial charge is 0.319 e. The van der Waals surface area contributed by atoms with Gasteiger partial charge in [0.15, 0.2) is 0 Å². The average Bonchev–Trinajstić information content (AvgIpc) is 2.81. The van der Waals surface area contributed by atoms with Gasteiger partial charge in [-0.05, 0) is 37.5 Å². The van der Waals surface area contributed by atoms with Gasteiger partial charge in [0.05, 0.1) is 18.5 Å². The second-order valence-corrected chi connectivity index (χ2v) is 10.2. The maximum absolute atomic E-state index is 12.3. The zero-order valence-electron chi connectivity index (χ0n) is 19.3. The summed E-state index contributed by atoms with van der Waals surface area (Å²) in [6.07, 6.45) is 9.07. The topological polar surface area (TPSA) is 109 Å². The Morgan fingerprint density at radius 2 is 1.58 bits per heavy atom. The van der Waals surface area contributed by atoms with Crippen LogP contribution in [0.1, 0.15) is 51.0 Å². The molecule has 0 saturated heterocycles. The number of amides is 2. The van der Waals surface area contributed by atoms with Crippen LogP contribution in [0.3, 0.4) is 0 Å². The lowest BCUT2D eigenvalue weighted by Gasteiger charge is -2.14. The Morgan fingerprint density at radius 3 is 2.27 bits per heavy atom. The minimum atomic E-state index is -3.37. The molecule has 1 aromatic heterocycles. The van der Waals surface area contributed by atoms with Crippen molar-refractivity contribution in [2.24, 2.45) is 0 Å². The highest BCUT2D eigenvalue weighted by atomic mass is 32.2. The van der Waals surface area contributed by atoms with Crippen LogP contribution in [0.25, 0.3) is 0 Å². The number of urea groups is 1. The zero-order chi connectivity index (χ0) is 23.8. The van der Waals surface area contributed by atoms with Crippen LogP contribution in [0.4, 0.5) is 10.5 Å². The minimum Gasteiger partial charge on any atom is -0.375 e. The maximum atomic E-state index is 12.3. The largest absolute Gasteiger partial charge is 0.375 e. The second-order valence-electron chi connectivity index (χ2n) is 7.99. The Morgan fingerprint density at radius 1 is 0.939 bits per heavy atom. The molecule has 8 nitrogen and oxygen atoms in total. The van der Waals surface area contributed by atoms with Crippen LogP contribution in [0.15, 0.2) is 54.9 Å². The fraction of sp³-hybridized carbons (Fsp3) is 0.500. The predicted octanol–water partition coefficient (Wildman–Crippen LogP) is 4.07. The van der Waals surface area contributed by atoms with Gasteiger partial charge in [0.2, 0.25) is 10.0 Å². The van der Waals surface area contributed by atoms with Gasteiger partial charge >= 0.3 is 6.03 Å². The van der Waals surface area contributed by atoms with Gasteiger partial charge < -0.3 is 15.4 Å². The van der Waals surface area contributed by atoms with Crippen LogP contribution < -0.4 is 15.4 Å². The molecule has 1 atom stereocenters. The lowest BCUT2D eigenvalue weighted by Crippen LogP contribution is -2.35. The van der Waals surface area contributed by atoms with E-state index in [2.05, 4.69) is 20.3 Å². The first kappa shape index (κ1) is 26.8. The molecule has 0 spiro atoms. The quantitative estimate of drug-likeness (QED) is 0.317. The van der Waals surface area contributed by atoms with Crippen molar-refractivity contribution in [2.45, 2.75) is 57.3 Å². The molecule has 0 radical (unpaired) electrons. The first-order valence-corrected chi connectivity index (χ1v) is 13.1. The molecule has 9 heteroatoms. The van der Waals surface area contributed by atoms with E-state index < -0.39 is 15.3 Å². The third-order valence-electron chi connectivity index (χ3n) is 5.12. The third kappa shape index (κ3) is 11.8. The summed E-state index contributed by atoms with van der Waals surface area (Å²) in [5.41, 5.74) is 1.74. The molecule has 2 rings (SSSR count). The van der Waals surface area contributed by atoms with Gasteiger partial charge in [-0.3, -0.25) is 4.98 Å². The lowest BCUT2D eigenvalue weighted by molar-refractivity contribution is 0.122. The molecule has 0 bridgehead atoms. The van der Waals surface area contributed by atoms with Gasteiger partial charge in [0, 0.05) is 31.2 Å². The fourth-order valence-electron chi connectivity index (χ4n) is 3.13. The van der Waals surface area contributed by atoms with Crippen molar-refractivity contribution >= 4 is 21.7 Å². The van der Waals surface area contributed by atoms with Crippen LogP contribution in [0.5, 0.6) is 0 Å². The van der Waals surface area contributed by atoms with Crippen molar-refractivity contribution < 1.29 is 17.9 Å². The predicted molar refractivity (Wildman–Crippen MR) is 131 cm³/mol. The monoisotopic (exact) mass is 476 g/mol. The molecule has 3 N–H and O–H groups in total. The molecular formula is C24H36N4O4S. The van der Waals surface area contributed by atoms with E-state index in [1.807, 2.05) is 30.3 Å². The first-order chi connectivity index (χ1) is 16.0. The summed E-state index contributed by atoms with van der Waals surface area (Å²) in [4.78, 5) is 15.7. The zero-order valence-corrected chi connectivity index (χ0v) is 20.1. The number of benzene rings is 1. The SMILES string of the molecule is CC(COCc1ccccc1)S(=O)(=O)NCCCCCCCCNC(=O)Nc1ccncc1. The highest BCUT2D eigenvalue weighted by Gasteiger charge is 2.20. The summed E-state index contributed by atoms with van der Waals surface area (Å²) in [7, 11) is -3.37. The van der Waals surface area contributed by atoms with Crippen LogP contribution in [-0.4, -0.2) is 44.4 Å². The number of hydrogen-bond acceptors (Lipinski definition) is 5. The average molecular weight is 477 g/mol. The van der Waals surface area contributed by atoms with Gasteiger partial charge in [-0.2, -0.15) is 0 Å². The molecule has 182 valence electrons. The maximum Gasteiger partial charge on any atom is 0.319 e. The number of nitrogens with zero attached hydrogens (tertiary/aromatic N) is 1. The highest BCUT2D eigenvalue weighted by Crippen LogP contribution is 2.07. The molecular weight excluding hydrogens is 440 g/mol. The van der Waals surface area contributed by atoms with Crippen molar-refractivity contribution in [3.8, 4) is 0 Å². The molecule has 0 saturated carbocycles. The van der Waals surface area contributed by atoms with Gasteiger partial charge in [0.25, 0.3) is 0 Å². The van der Waals surface area contributed by atoms with Crippen LogP contribution in [-0.2, 0) is 21.4 Å². The number of anilines is 1. The van der Waals surface area contributed by atoms with Crippen molar-refractivity contribution in [1.82, 2.24) is 15.0 Å². The number of nitrogens with one attached hydrogen (secondary N) is 3. The van der Waals surface area contributed by atoms with E-state index in [9.17, 15) is 13.2 Å². The summed E-state index contributed by atoms with van der Waals surface area (Å²) in [6, 6.07) is 13.0. The van der Waals surface area contributed by atoms with Crippen LogP contribution in [0.2, 0.25) is 0 Å². The van der Waals surface area contributed by atoms with E-state index in [-0.39, 0.29) is 12.6 Å². The number of ether oxygens (including phenoxy) is 1. The van der Waals surface area contributed by atoms with Gasteiger partial charge in [-0.25, -0.2) is 17.9 Å². The third-order valence-corrected chi connectivity index (χ3v) is 6.93. The summed E-state index contributed by atoms with van der Waals surface area (Å²) in [5, 5.41) is 4.99. The summed E-state index contributed by atoms with van der Waals surface area (Å²) < 4.78 is 32.9. The number of hydrogen-bond donors (Lipinski definition) is 3. The first-order valence-electron chi connectivity index (χ1n) is 11.5.